The first-order valence-electron chi connectivity index (χ1n) is 42.1. The third-order valence-corrected chi connectivity index (χ3v) is 20.0. The Morgan fingerprint density at radius 2 is 0.516 bits per heavy atom. The standard InChI is InChI=1S/C85H165NO5/c1-3-5-7-9-11-13-15-17-19-21-23-24-25-35-38-42-45-49-53-57-61-65-69-73-77-83(88)82(81-87)86-84(89)78-74-70-66-62-58-54-50-46-43-39-36-33-31-29-27-26-28-30-32-34-37-40-44-48-52-56-60-64-68-72-76-80-91-85(90)79-75-71-67-63-59-55-51-47-41-22-20-18-16-14-12-10-8-6-4-2/h28,30,73,77,82-83,87-88H,3-27,29,31-72,74-76,78-81H2,1-2H3,(H,86,89)/b30-28-,77-73+. The van der Waals surface area contributed by atoms with E-state index in [1.54, 1.807) is 6.08 Å². The Kier molecular flexibility index (Phi) is 79.3. The highest BCUT2D eigenvalue weighted by Crippen LogP contribution is 2.20. The van der Waals surface area contributed by atoms with Gasteiger partial charge in [0.25, 0.3) is 0 Å². The monoisotopic (exact) mass is 1280 g/mol. The molecule has 2 unspecified atom stereocenters. The predicted octanol–water partition coefficient (Wildman–Crippen LogP) is 28.0. The van der Waals surface area contributed by atoms with E-state index >= 15 is 0 Å². The molecule has 3 N–H and O–H groups in total. The average Bonchev–Trinajstić information content (AvgIpc) is 3.60. The number of allylic oxidation sites excluding steroid dienone is 3. The summed E-state index contributed by atoms with van der Waals surface area (Å²) in [6, 6.07) is -0.628. The van der Waals surface area contributed by atoms with E-state index in [0.717, 1.165) is 38.5 Å². The molecule has 6 nitrogen and oxygen atoms in total. The largest absolute Gasteiger partial charge is 0.466 e. The third kappa shape index (κ3) is 77.2. The van der Waals surface area contributed by atoms with Crippen molar-refractivity contribution in [1.82, 2.24) is 5.32 Å². The van der Waals surface area contributed by atoms with Crippen LogP contribution in [0.2, 0.25) is 0 Å². The van der Waals surface area contributed by atoms with E-state index in [0.29, 0.717) is 19.4 Å². The van der Waals surface area contributed by atoms with Gasteiger partial charge in [0.05, 0.1) is 25.4 Å². The molecule has 0 saturated heterocycles. The second-order valence-electron chi connectivity index (χ2n) is 29.2. The van der Waals surface area contributed by atoms with Gasteiger partial charge >= 0.3 is 5.97 Å². The number of ether oxygens (including phenoxy) is 1. The molecular weight excluding hydrogens is 1110 g/mol. The smallest absolute Gasteiger partial charge is 0.305 e. The first kappa shape index (κ1) is 89.3. The molecule has 2 atom stereocenters. The molecule has 0 aromatic heterocycles. The number of amides is 1. The molecule has 540 valence electrons. The molecule has 0 fully saturated rings. The van der Waals surface area contributed by atoms with Gasteiger partial charge < -0.3 is 20.3 Å². The molecule has 0 aliphatic heterocycles. The molecule has 0 aliphatic rings. The second kappa shape index (κ2) is 80.8. The molecule has 0 aliphatic carbocycles. The van der Waals surface area contributed by atoms with Crippen molar-refractivity contribution in [2.75, 3.05) is 13.2 Å². The number of nitrogens with one attached hydrogen (secondary N) is 1. The van der Waals surface area contributed by atoms with E-state index in [4.69, 9.17) is 4.74 Å². The number of hydrogen-bond donors (Lipinski definition) is 3. The average molecular weight is 1280 g/mol. The Bertz CT molecular complexity index is 1430. The summed E-state index contributed by atoms with van der Waals surface area (Å²) in [5, 5.41) is 23.3. The molecule has 0 rings (SSSR count). The number of hydrogen-bond acceptors (Lipinski definition) is 5. The molecular formula is C85H165NO5. The fraction of sp³-hybridized carbons (Fsp3) is 0.929. The molecule has 0 aromatic carbocycles. The Balaban J connectivity index is 3.37. The summed E-state index contributed by atoms with van der Waals surface area (Å²) in [6.45, 7) is 4.97. The topological polar surface area (TPSA) is 95.9 Å². The maximum absolute atomic E-state index is 12.6. The zero-order valence-electron chi connectivity index (χ0n) is 62.1. The fourth-order valence-electron chi connectivity index (χ4n) is 13.6. The van der Waals surface area contributed by atoms with Gasteiger partial charge in [-0.05, 0) is 57.8 Å². The van der Waals surface area contributed by atoms with Crippen molar-refractivity contribution in [2.45, 2.75) is 495 Å². The van der Waals surface area contributed by atoms with Gasteiger partial charge in [-0.2, -0.15) is 0 Å². The Labute approximate surface area is 571 Å². The van der Waals surface area contributed by atoms with Crippen LogP contribution in [0.5, 0.6) is 0 Å². The van der Waals surface area contributed by atoms with E-state index in [1.807, 2.05) is 6.08 Å². The highest BCUT2D eigenvalue weighted by Gasteiger charge is 2.18. The van der Waals surface area contributed by atoms with Crippen molar-refractivity contribution in [3.05, 3.63) is 24.3 Å². The molecule has 0 bridgehead atoms. The van der Waals surface area contributed by atoms with Gasteiger partial charge in [-0.3, -0.25) is 9.59 Å². The first-order valence-corrected chi connectivity index (χ1v) is 42.1. The number of aliphatic hydroxyl groups excluding tert-OH is 2. The zero-order chi connectivity index (χ0) is 65.6. The summed E-state index contributed by atoms with van der Waals surface area (Å²) in [6.07, 6.45) is 105. The maximum atomic E-state index is 12.6. The van der Waals surface area contributed by atoms with Crippen molar-refractivity contribution < 1.29 is 24.5 Å². The lowest BCUT2D eigenvalue weighted by atomic mass is 10.0. The van der Waals surface area contributed by atoms with Crippen LogP contribution in [0.3, 0.4) is 0 Å². The van der Waals surface area contributed by atoms with Crippen LogP contribution in [0, 0.1) is 0 Å². The van der Waals surface area contributed by atoms with Gasteiger partial charge in [0, 0.05) is 12.8 Å². The van der Waals surface area contributed by atoms with Gasteiger partial charge in [0.2, 0.25) is 5.91 Å². The zero-order valence-corrected chi connectivity index (χ0v) is 62.1. The van der Waals surface area contributed by atoms with Crippen LogP contribution in [0.15, 0.2) is 24.3 Å². The maximum Gasteiger partial charge on any atom is 0.305 e. The second-order valence-corrected chi connectivity index (χ2v) is 29.2. The Morgan fingerprint density at radius 3 is 0.780 bits per heavy atom. The summed E-state index contributed by atoms with van der Waals surface area (Å²) in [5.41, 5.74) is 0. The summed E-state index contributed by atoms with van der Waals surface area (Å²) >= 11 is 0. The quantitative estimate of drug-likeness (QED) is 0.0320. The van der Waals surface area contributed by atoms with Crippen LogP contribution in [0.1, 0.15) is 483 Å². The van der Waals surface area contributed by atoms with Crippen molar-refractivity contribution in [3.63, 3.8) is 0 Å². The normalized spacial score (nSPS) is 12.5. The highest BCUT2D eigenvalue weighted by atomic mass is 16.5. The van der Waals surface area contributed by atoms with Crippen LogP contribution in [-0.4, -0.2) is 47.4 Å². The first-order chi connectivity index (χ1) is 45.0. The summed E-state index contributed by atoms with van der Waals surface area (Å²) in [4.78, 5) is 24.7. The molecule has 0 radical (unpaired) electrons. The SMILES string of the molecule is CCCCCCCCCCCCCCCCCCCCCCCC/C=C/C(O)C(CO)NC(=O)CCCCCCCCCCCCCCCCC/C=C\CCCCCCCCCCCCCCOC(=O)CCCCCCCCCCCCCCCCCCCCC. The van der Waals surface area contributed by atoms with E-state index in [1.165, 1.54) is 417 Å². The van der Waals surface area contributed by atoms with Gasteiger partial charge in [0.15, 0.2) is 0 Å². The Hall–Kier alpha value is -1.66. The minimum atomic E-state index is -0.845. The number of carbonyl (C=O) groups excluding carboxylic acids is 2. The summed E-state index contributed by atoms with van der Waals surface area (Å²) in [7, 11) is 0. The van der Waals surface area contributed by atoms with E-state index in [2.05, 4.69) is 31.3 Å². The number of unbranched alkanes of at least 4 members (excludes halogenated alkanes) is 67. The van der Waals surface area contributed by atoms with Gasteiger partial charge in [0.1, 0.15) is 0 Å². The van der Waals surface area contributed by atoms with Crippen LogP contribution < -0.4 is 5.32 Å². The number of carbonyl (C=O) groups is 2. The van der Waals surface area contributed by atoms with Crippen molar-refractivity contribution in [2.24, 2.45) is 0 Å². The van der Waals surface area contributed by atoms with Crippen LogP contribution >= 0.6 is 0 Å². The lowest BCUT2D eigenvalue weighted by molar-refractivity contribution is -0.143. The van der Waals surface area contributed by atoms with Gasteiger partial charge in [-0.25, -0.2) is 0 Å². The van der Waals surface area contributed by atoms with Crippen molar-refractivity contribution in [3.8, 4) is 0 Å². The minimum Gasteiger partial charge on any atom is -0.466 e. The van der Waals surface area contributed by atoms with E-state index < -0.39 is 12.1 Å². The molecule has 0 spiro atoms. The van der Waals surface area contributed by atoms with Crippen LogP contribution in [-0.2, 0) is 14.3 Å². The third-order valence-electron chi connectivity index (χ3n) is 20.0. The molecule has 6 heteroatoms. The molecule has 91 heavy (non-hydrogen) atoms. The molecule has 0 aromatic rings. The van der Waals surface area contributed by atoms with E-state index in [-0.39, 0.29) is 18.5 Å². The van der Waals surface area contributed by atoms with Gasteiger partial charge in [-0.15, -0.1) is 0 Å². The lowest BCUT2D eigenvalue weighted by Gasteiger charge is -2.20. The molecule has 0 heterocycles. The number of rotatable bonds is 80. The molecule has 1 amide bonds. The van der Waals surface area contributed by atoms with E-state index in [9.17, 15) is 19.8 Å². The fourth-order valence-corrected chi connectivity index (χ4v) is 13.6. The van der Waals surface area contributed by atoms with Crippen molar-refractivity contribution in [1.29, 1.82) is 0 Å². The van der Waals surface area contributed by atoms with Crippen LogP contribution in [0.4, 0.5) is 0 Å². The summed E-state index contributed by atoms with van der Waals surface area (Å²) < 4.78 is 5.52. The number of aliphatic hydroxyl groups is 2. The highest BCUT2D eigenvalue weighted by molar-refractivity contribution is 5.76. The Morgan fingerprint density at radius 1 is 0.297 bits per heavy atom. The van der Waals surface area contributed by atoms with Crippen molar-refractivity contribution >= 4 is 11.9 Å². The predicted molar refractivity (Wildman–Crippen MR) is 403 cm³/mol. The summed E-state index contributed by atoms with van der Waals surface area (Å²) in [5.74, 6) is -0.0368. The minimum absolute atomic E-state index is 0.0235. The lowest BCUT2D eigenvalue weighted by Crippen LogP contribution is -2.45. The number of esters is 1. The molecule has 0 saturated carbocycles. The van der Waals surface area contributed by atoms with Gasteiger partial charge in [-0.1, -0.05) is 436 Å². The van der Waals surface area contributed by atoms with Crippen LogP contribution in [0.25, 0.3) is 0 Å².